The highest BCUT2D eigenvalue weighted by molar-refractivity contribution is 5.98. The molecule has 0 bridgehead atoms. The number of carbonyl (C=O) groups excluding carboxylic acids is 2. The predicted octanol–water partition coefficient (Wildman–Crippen LogP) is 6.37. The lowest BCUT2D eigenvalue weighted by molar-refractivity contribution is -0.143. The van der Waals surface area contributed by atoms with E-state index in [0.717, 1.165) is 17.6 Å². The van der Waals surface area contributed by atoms with E-state index in [1.807, 2.05) is 5.32 Å². The van der Waals surface area contributed by atoms with Gasteiger partial charge < -0.3 is 19.9 Å². The molecule has 1 aliphatic rings. The smallest absolute Gasteiger partial charge is 0.374 e. The third-order valence-corrected chi connectivity index (χ3v) is 7.90. The van der Waals surface area contributed by atoms with Gasteiger partial charge in [-0.3, -0.25) is 14.4 Å². The second-order valence-corrected chi connectivity index (χ2v) is 11.0. The van der Waals surface area contributed by atoms with Crippen LogP contribution in [0.5, 0.6) is 0 Å². The Hall–Kier alpha value is -4.27. The van der Waals surface area contributed by atoms with Crippen molar-refractivity contribution >= 4 is 17.4 Å². The maximum absolute atomic E-state index is 14.8. The van der Waals surface area contributed by atoms with Gasteiger partial charge in [-0.1, -0.05) is 19.1 Å². The number of nitrogens with one attached hydrogen (secondary N) is 2. The van der Waals surface area contributed by atoms with Crippen LogP contribution in [0.2, 0.25) is 0 Å². The van der Waals surface area contributed by atoms with Crippen molar-refractivity contribution in [3.63, 3.8) is 0 Å². The third-order valence-electron chi connectivity index (χ3n) is 7.90. The van der Waals surface area contributed by atoms with Crippen molar-refractivity contribution in [2.45, 2.75) is 71.3 Å². The summed E-state index contributed by atoms with van der Waals surface area (Å²) in [5, 5.41) is 4.22. The number of amides is 1. The molecule has 1 aromatic heterocycles. The second kappa shape index (κ2) is 12.9. The summed E-state index contributed by atoms with van der Waals surface area (Å²) in [7, 11) is 1.34. The Morgan fingerprint density at radius 3 is 2.15 bits per heavy atom. The molecule has 0 fully saturated rings. The molecule has 4 rings (SSSR count). The highest BCUT2D eigenvalue weighted by Crippen LogP contribution is 2.40. The SMILES string of the molecule is CC[C@@H](Nc1cc(F)c(C(=O)N[C@@H](Cc2ccc(-c3c(C(F)(F)F)cc(C)n(C)c3=O)c3c2COC3)C(C)=O)c(F)c1)C(F)(F)F. The Labute approximate surface area is 257 Å². The number of aryl methyl sites for hydroxylation is 1. The first kappa shape index (κ1) is 34.6. The molecule has 1 amide bonds. The molecule has 0 unspecified atom stereocenters. The van der Waals surface area contributed by atoms with E-state index >= 15 is 0 Å². The monoisotopic (exact) mass is 659 g/mol. The topological polar surface area (TPSA) is 89.4 Å². The first-order valence-corrected chi connectivity index (χ1v) is 14.0. The highest BCUT2D eigenvalue weighted by atomic mass is 19.4. The van der Waals surface area contributed by atoms with Crippen molar-refractivity contribution in [2.75, 3.05) is 5.32 Å². The number of fused-ring (bicyclic) bond motifs is 1. The summed E-state index contributed by atoms with van der Waals surface area (Å²) in [6.45, 7) is 3.46. The van der Waals surface area contributed by atoms with Gasteiger partial charge in [0.15, 0.2) is 5.78 Å². The van der Waals surface area contributed by atoms with Crippen LogP contribution in [0.3, 0.4) is 0 Å². The number of hydrogen-bond acceptors (Lipinski definition) is 5. The Morgan fingerprint density at radius 2 is 1.61 bits per heavy atom. The van der Waals surface area contributed by atoms with Gasteiger partial charge in [-0.15, -0.1) is 0 Å². The highest BCUT2D eigenvalue weighted by Gasteiger charge is 2.39. The Bertz CT molecular complexity index is 1720. The maximum atomic E-state index is 14.8. The van der Waals surface area contributed by atoms with Crippen LogP contribution in [0, 0.1) is 18.6 Å². The van der Waals surface area contributed by atoms with E-state index in [9.17, 15) is 49.5 Å². The van der Waals surface area contributed by atoms with Gasteiger partial charge in [-0.2, -0.15) is 26.3 Å². The molecule has 3 aromatic rings. The van der Waals surface area contributed by atoms with Crippen LogP contribution < -0.4 is 16.2 Å². The molecule has 15 heteroatoms. The molecular weight excluding hydrogens is 630 g/mol. The van der Waals surface area contributed by atoms with Crippen LogP contribution in [0.15, 0.2) is 35.1 Å². The number of rotatable bonds is 9. The number of ketones is 1. The summed E-state index contributed by atoms with van der Waals surface area (Å²) in [4.78, 5) is 38.5. The van der Waals surface area contributed by atoms with E-state index in [-0.39, 0.29) is 36.5 Å². The fourth-order valence-corrected chi connectivity index (χ4v) is 5.31. The van der Waals surface area contributed by atoms with Gasteiger partial charge in [0.05, 0.1) is 30.4 Å². The molecule has 1 aliphatic heterocycles. The normalized spacial score (nSPS) is 14.5. The van der Waals surface area contributed by atoms with Crippen LogP contribution in [-0.4, -0.2) is 34.5 Å². The first-order valence-electron chi connectivity index (χ1n) is 14.0. The number of nitrogens with zero attached hydrogens (tertiary/aromatic N) is 1. The summed E-state index contributed by atoms with van der Waals surface area (Å²) >= 11 is 0. The van der Waals surface area contributed by atoms with E-state index < -0.39 is 82.1 Å². The molecule has 0 radical (unpaired) electrons. The lowest BCUT2D eigenvalue weighted by atomic mass is 9.89. The van der Waals surface area contributed by atoms with Crippen molar-refractivity contribution in [2.24, 2.45) is 7.05 Å². The average molecular weight is 660 g/mol. The van der Waals surface area contributed by atoms with Gasteiger partial charge >= 0.3 is 12.4 Å². The van der Waals surface area contributed by atoms with Gasteiger partial charge in [0.1, 0.15) is 23.2 Å². The fraction of sp³-hybridized carbons (Fsp3) is 0.387. The zero-order valence-electron chi connectivity index (χ0n) is 25.0. The van der Waals surface area contributed by atoms with Crippen LogP contribution in [0.25, 0.3) is 11.1 Å². The first-order chi connectivity index (χ1) is 21.3. The Kier molecular flexibility index (Phi) is 9.67. The number of hydrogen-bond donors (Lipinski definition) is 2. The fourth-order valence-electron chi connectivity index (χ4n) is 5.31. The molecule has 2 heterocycles. The summed E-state index contributed by atoms with van der Waals surface area (Å²) in [6.07, 6.45) is -10.2. The lowest BCUT2D eigenvalue weighted by Crippen LogP contribution is -2.42. The number of alkyl halides is 6. The third kappa shape index (κ3) is 6.93. The van der Waals surface area contributed by atoms with Crippen LogP contribution in [-0.2, 0) is 42.4 Å². The van der Waals surface area contributed by atoms with Crippen molar-refractivity contribution in [1.29, 1.82) is 0 Å². The van der Waals surface area contributed by atoms with Crippen molar-refractivity contribution in [1.82, 2.24) is 9.88 Å². The minimum Gasteiger partial charge on any atom is -0.374 e. The van der Waals surface area contributed by atoms with Crippen molar-refractivity contribution < 1.29 is 49.4 Å². The quantitative estimate of drug-likeness (QED) is 0.261. The molecule has 2 N–H and O–H groups in total. The van der Waals surface area contributed by atoms with Crippen molar-refractivity contribution in [3.05, 3.63) is 85.8 Å². The van der Waals surface area contributed by atoms with Crippen LogP contribution >= 0.6 is 0 Å². The maximum Gasteiger partial charge on any atom is 0.417 e. The second-order valence-electron chi connectivity index (χ2n) is 11.0. The minimum atomic E-state index is -4.85. The van der Waals surface area contributed by atoms with Gasteiger partial charge in [0.25, 0.3) is 11.5 Å². The summed E-state index contributed by atoms with van der Waals surface area (Å²) in [6, 6.07) is 1.14. The van der Waals surface area contributed by atoms with Gasteiger partial charge in [0, 0.05) is 24.8 Å². The molecule has 0 saturated carbocycles. The largest absolute Gasteiger partial charge is 0.417 e. The molecule has 0 aliphatic carbocycles. The van der Waals surface area contributed by atoms with Crippen molar-refractivity contribution in [3.8, 4) is 11.1 Å². The van der Waals surface area contributed by atoms with E-state index in [4.69, 9.17) is 4.74 Å². The van der Waals surface area contributed by atoms with Gasteiger partial charge in [-0.05, 0) is 60.7 Å². The lowest BCUT2D eigenvalue weighted by Gasteiger charge is -2.22. The standard InChI is InChI=1S/C31H29F8N3O4/c1-5-25(31(37,38)39)40-17-10-22(32)27(23(33)11-17)28(44)41-24(15(3)43)9-16-6-7-18(20-13-46-12-19(16)20)26-21(30(34,35)36)8-14(2)42(4)29(26)45/h6-8,10-11,24-25,40H,5,9,12-13H2,1-4H3,(H,41,44)/t24-,25+/m0/s1. The van der Waals surface area contributed by atoms with Gasteiger partial charge in [0.2, 0.25) is 0 Å². The Balaban J connectivity index is 1.66. The van der Waals surface area contributed by atoms with Crippen LogP contribution in [0.4, 0.5) is 40.8 Å². The minimum absolute atomic E-state index is 0.0127. The van der Waals surface area contributed by atoms with E-state index in [1.165, 1.54) is 33.0 Å². The number of ether oxygens (including phenoxy) is 1. The molecule has 2 atom stereocenters. The number of anilines is 1. The Morgan fingerprint density at radius 1 is 1.00 bits per heavy atom. The molecule has 46 heavy (non-hydrogen) atoms. The molecule has 0 saturated heterocycles. The number of halogens is 8. The summed E-state index contributed by atoms with van der Waals surface area (Å²) in [5.74, 6) is -4.93. The molecular formula is C31H29F8N3O4. The van der Waals surface area contributed by atoms with Gasteiger partial charge in [-0.25, -0.2) is 8.78 Å². The molecule has 7 nitrogen and oxygen atoms in total. The number of aromatic nitrogens is 1. The molecule has 2 aromatic carbocycles. The number of benzene rings is 2. The number of carbonyl (C=O) groups is 2. The zero-order chi connectivity index (χ0) is 34.3. The summed E-state index contributed by atoms with van der Waals surface area (Å²) in [5.41, 5.74) is -3.14. The summed E-state index contributed by atoms with van der Waals surface area (Å²) < 4.78 is 118. The van der Waals surface area contributed by atoms with E-state index in [0.29, 0.717) is 23.3 Å². The number of Topliss-reactive ketones (excluding diaryl/α,β-unsaturated/α-hetero) is 1. The number of pyridine rings is 1. The predicted molar refractivity (Wildman–Crippen MR) is 151 cm³/mol. The molecule has 0 spiro atoms. The molecule has 248 valence electrons. The van der Waals surface area contributed by atoms with E-state index in [2.05, 4.69) is 5.32 Å². The van der Waals surface area contributed by atoms with Crippen LogP contribution in [0.1, 0.15) is 58.6 Å². The average Bonchev–Trinajstić information content (AvgIpc) is 3.43. The van der Waals surface area contributed by atoms with E-state index in [1.54, 1.807) is 0 Å². The zero-order valence-corrected chi connectivity index (χ0v) is 25.0.